The number of halogens is 1. The molecule has 0 aliphatic carbocycles. The van der Waals surface area contributed by atoms with Gasteiger partial charge in [0.1, 0.15) is 6.61 Å². The lowest BCUT2D eigenvalue weighted by atomic mass is 10.1. The van der Waals surface area contributed by atoms with E-state index >= 15 is 0 Å². The maximum absolute atomic E-state index is 11.8. The number of ether oxygens (including phenoxy) is 1. The SMILES string of the molecule is O=C(NCCOc1ccc(-c2ccccc2)nn1)c1ccc(Br)o1. The van der Waals surface area contributed by atoms with Crippen molar-refractivity contribution in [1.29, 1.82) is 0 Å². The third-order valence-electron chi connectivity index (χ3n) is 3.14. The van der Waals surface area contributed by atoms with Gasteiger partial charge in [-0.05, 0) is 34.1 Å². The van der Waals surface area contributed by atoms with Crippen LogP contribution in [0.2, 0.25) is 0 Å². The number of hydrogen-bond donors (Lipinski definition) is 1. The van der Waals surface area contributed by atoms with Crippen LogP contribution < -0.4 is 10.1 Å². The van der Waals surface area contributed by atoms with Crippen LogP contribution in [0.15, 0.2) is 63.7 Å². The first-order chi connectivity index (χ1) is 11.7. The molecule has 0 bridgehead atoms. The summed E-state index contributed by atoms with van der Waals surface area (Å²) in [5, 5.41) is 10.8. The fraction of sp³-hybridized carbons (Fsp3) is 0.118. The van der Waals surface area contributed by atoms with Gasteiger partial charge in [-0.15, -0.1) is 10.2 Å². The van der Waals surface area contributed by atoms with Crippen LogP contribution in [0.3, 0.4) is 0 Å². The van der Waals surface area contributed by atoms with Crippen LogP contribution in [0.25, 0.3) is 11.3 Å². The topological polar surface area (TPSA) is 77.2 Å². The van der Waals surface area contributed by atoms with Gasteiger partial charge in [0.05, 0.1) is 12.2 Å². The summed E-state index contributed by atoms with van der Waals surface area (Å²) in [6.45, 7) is 0.617. The van der Waals surface area contributed by atoms with Gasteiger partial charge in [-0.2, -0.15) is 0 Å². The second kappa shape index (κ2) is 7.74. The van der Waals surface area contributed by atoms with Crippen molar-refractivity contribution in [2.45, 2.75) is 0 Å². The van der Waals surface area contributed by atoms with Gasteiger partial charge in [0.15, 0.2) is 10.4 Å². The standard InChI is InChI=1S/C17H14BrN3O3/c18-15-8-7-14(24-15)17(22)19-10-11-23-16-9-6-13(20-21-16)12-4-2-1-3-5-12/h1-9H,10-11H2,(H,19,22). The van der Waals surface area contributed by atoms with Crippen molar-refractivity contribution in [3.05, 3.63) is 65.0 Å². The van der Waals surface area contributed by atoms with Crippen molar-refractivity contribution in [2.75, 3.05) is 13.2 Å². The summed E-state index contributed by atoms with van der Waals surface area (Å²) in [7, 11) is 0. The molecule has 0 fully saturated rings. The normalized spacial score (nSPS) is 10.4. The summed E-state index contributed by atoms with van der Waals surface area (Å²) in [4.78, 5) is 11.8. The van der Waals surface area contributed by atoms with Gasteiger partial charge in [-0.25, -0.2) is 0 Å². The molecule has 0 aliphatic heterocycles. The molecule has 1 N–H and O–H groups in total. The van der Waals surface area contributed by atoms with Crippen molar-refractivity contribution in [2.24, 2.45) is 0 Å². The van der Waals surface area contributed by atoms with E-state index in [1.165, 1.54) is 0 Å². The highest BCUT2D eigenvalue weighted by Crippen LogP contribution is 2.17. The Morgan fingerprint density at radius 3 is 2.58 bits per heavy atom. The number of furan rings is 1. The van der Waals surface area contributed by atoms with Gasteiger partial charge in [-0.1, -0.05) is 30.3 Å². The van der Waals surface area contributed by atoms with Crippen LogP contribution in [-0.4, -0.2) is 29.3 Å². The number of carbonyl (C=O) groups excluding carboxylic acids is 1. The average Bonchev–Trinajstić information content (AvgIpc) is 3.06. The second-order valence-corrected chi connectivity index (χ2v) is 5.61. The third kappa shape index (κ3) is 4.20. The minimum Gasteiger partial charge on any atom is -0.475 e. The van der Waals surface area contributed by atoms with Crippen LogP contribution in [0.5, 0.6) is 5.88 Å². The highest BCUT2D eigenvalue weighted by molar-refractivity contribution is 9.10. The molecular weight excluding hydrogens is 374 g/mol. The maximum Gasteiger partial charge on any atom is 0.287 e. The van der Waals surface area contributed by atoms with E-state index in [2.05, 4.69) is 31.4 Å². The minimum atomic E-state index is -0.296. The van der Waals surface area contributed by atoms with Crippen LogP contribution in [0.1, 0.15) is 10.6 Å². The lowest BCUT2D eigenvalue weighted by molar-refractivity contribution is 0.0917. The Morgan fingerprint density at radius 1 is 1.08 bits per heavy atom. The molecule has 2 heterocycles. The van der Waals surface area contributed by atoms with Crippen molar-refractivity contribution in [3.63, 3.8) is 0 Å². The van der Waals surface area contributed by atoms with Crippen molar-refractivity contribution in [3.8, 4) is 17.1 Å². The van der Waals surface area contributed by atoms with Crippen molar-refractivity contribution in [1.82, 2.24) is 15.5 Å². The number of nitrogens with zero attached hydrogens (tertiary/aromatic N) is 2. The fourth-order valence-corrected chi connectivity index (χ4v) is 2.31. The molecule has 1 aromatic carbocycles. The van der Waals surface area contributed by atoms with Gasteiger partial charge in [0.2, 0.25) is 5.88 Å². The maximum atomic E-state index is 11.8. The number of nitrogens with one attached hydrogen (secondary N) is 1. The van der Waals surface area contributed by atoms with E-state index in [0.717, 1.165) is 11.3 Å². The highest BCUT2D eigenvalue weighted by atomic mass is 79.9. The Hall–Kier alpha value is -2.67. The van der Waals surface area contributed by atoms with E-state index in [1.54, 1.807) is 18.2 Å². The first-order valence-electron chi connectivity index (χ1n) is 7.28. The van der Waals surface area contributed by atoms with E-state index in [9.17, 15) is 4.79 Å². The predicted molar refractivity (Wildman–Crippen MR) is 91.7 cm³/mol. The Kier molecular flexibility index (Phi) is 5.22. The second-order valence-electron chi connectivity index (χ2n) is 4.83. The zero-order valence-electron chi connectivity index (χ0n) is 12.6. The first-order valence-corrected chi connectivity index (χ1v) is 8.07. The number of amides is 1. The van der Waals surface area contributed by atoms with Gasteiger partial charge in [0.25, 0.3) is 5.91 Å². The summed E-state index contributed by atoms with van der Waals surface area (Å²) >= 11 is 3.15. The number of carbonyl (C=O) groups is 1. The zero-order chi connectivity index (χ0) is 16.8. The molecule has 2 aromatic heterocycles. The molecule has 3 aromatic rings. The summed E-state index contributed by atoms with van der Waals surface area (Å²) in [6.07, 6.45) is 0. The minimum absolute atomic E-state index is 0.244. The van der Waals surface area contributed by atoms with E-state index in [0.29, 0.717) is 17.1 Å². The lowest BCUT2D eigenvalue weighted by Crippen LogP contribution is -2.27. The van der Waals surface area contributed by atoms with Gasteiger partial charge in [-0.3, -0.25) is 4.79 Å². The quantitative estimate of drug-likeness (QED) is 0.656. The monoisotopic (exact) mass is 387 g/mol. The number of hydrogen-bond acceptors (Lipinski definition) is 5. The average molecular weight is 388 g/mol. The molecule has 0 saturated heterocycles. The molecule has 0 aliphatic rings. The molecule has 0 saturated carbocycles. The summed E-state index contributed by atoms with van der Waals surface area (Å²) in [6, 6.07) is 16.6. The van der Waals surface area contributed by atoms with E-state index in [-0.39, 0.29) is 18.3 Å². The molecule has 0 radical (unpaired) electrons. The Labute approximate surface area is 147 Å². The molecule has 6 nitrogen and oxygen atoms in total. The largest absolute Gasteiger partial charge is 0.475 e. The van der Waals surface area contributed by atoms with E-state index in [1.807, 2.05) is 36.4 Å². The number of rotatable bonds is 6. The predicted octanol–water partition coefficient (Wildman–Crippen LogP) is 3.31. The molecule has 7 heteroatoms. The Morgan fingerprint density at radius 2 is 1.92 bits per heavy atom. The van der Waals surface area contributed by atoms with E-state index < -0.39 is 0 Å². The molecule has 1 amide bonds. The van der Waals surface area contributed by atoms with E-state index in [4.69, 9.17) is 9.15 Å². The smallest absolute Gasteiger partial charge is 0.287 e. The zero-order valence-corrected chi connectivity index (χ0v) is 14.2. The van der Waals surface area contributed by atoms with Crippen LogP contribution >= 0.6 is 15.9 Å². The fourth-order valence-electron chi connectivity index (χ4n) is 2.00. The van der Waals surface area contributed by atoms with Crippen LogP contribution in [-0.2, 0) is 0 Å². The number of benzene rings is 1. The Balaban J connectivity index is 1.46. The van der Waals surface area contributed by atoms with Crippen LogP contribution in [0.4, 0.5) is 0 Å². The summed E-state index contributed by atoms with van der Waals surface area (Å²) < 4.78 is 11.1. The molecule has 24 heavy (non-hydrogen) atoms. The molecule has 0 unspecified atom stereocenters. The van der Waals surface area contributed by atoms with Crippen molar-refractivity contribution < 1.29 is 13.9 Å². The molecule has 0 atom stereocenters. The van der Waals surface area contributed by atoms with Gasteiger partial charge >= 0.3 is 0 Å². The Bertz CT molecular complexity index is 803. The highest BCUT2D eigenvalue weighted by Gasteiger charge is 2.09. The van der Waals surface area contributed by atoms with Crippen LogP contribution in [0, 0.1) is 0 Å². The van der Waals surface area contributed by atoms with Gasteiger partial charge in [0, 0.05) is 11.6 Å². The lowest BCUT2D eigenvalue weighted by Gasteiger charge is -2.06. The molecule has 122 valence electrons. The first kappa shape index (κ1) is 16.2. The molecular formula is C17H14BrN3O3. The molecule has 0 spiro atoms. The number of aromatic nitrogens is 2. The summed E-state index contributed by atoms with van der Waals surface area (Å²) in [5.41, 5.74) is 1.77. The van der Waals surface area contributed by atoms with Crippen molar-refractivity contribution >= 4 is 21.8 Å². The third-order valence-corrected chi connectivity index (χ3v) is 3.57. The van der Waals surface area contributed by atoms with Gasteiger partial charge < -0.3 is 14.5 Å². The molecule has 3 rings (SSSR count). The summed E-state index contributed by atoms with van der Waals surface area (Å²) in [5.74, 6) is 0.355.